The first-order chi connectivity index (χ1) is 9.37. The van der Waals surface area contributed by atoms with Crippen LogP contribution in [0.15, 0.2) is 11.2 Å². The Morgan fingerprint density at radius 2 is 2.25 bits per heavy atom. The Balaban J connectivity index is 2.28. The predicted octanol–water partition coefficient (Wildman–Crippen LogP) is -0.177. The Kier molecular flexibility index (Phi) is 4.11. The number of aromatic carboxylic acids is 1. The van der Waals surface area contributed by atoms with Crippen LogP contribution in [0, 0.1) is 0 Å². The van der Waals surface area contributed by atoms with E-state index in [1.807, 2.05) is 13.8 Å². The van der Waals surface area contributed by atoms with Crippen molar-refractivity contribution >= 4 is 16.0 Å². The van der Waals surface area contributed by atoms with Crippen LogP contribution in [-0.4, -0.2) is 71.1 Å². The minimum absolute atomic E-state index is 0.0970. The summed E-state index contributed by atoms with van der Waals surface area (Å²) in [5.74, 6) is -1.31. The summed E-state index contributed by atoms with van der Waals surface area (Å²) in [5, 5.41) is 14.5. The van der Waals surface area contributed by atoms with Crippen molar-refractivity contribution in [3.05, 3.63) is 11.8 Å². The molecule has 1 aromatic rings. The van der Waals surface area contributed by atoms with E-state index in [9.17, 15) is 13.2 Å². The number of hydrogen-bond donors (Lipinski definition) is 2. The third kappa shape index (κ3) is 2.56. The Morgan fingerprint density at radius 1 is 1.55 bits per heavy atom. The maximum atomic E-state index is 12.5. The highest BCUT2D eigenvalue weighted by molar-refractivity contribution is 7.89. The molecule has 20 heavy (non-hydrogen) atoms. The highest BCUT2D eigenvalue weighted by Gasteiger charge is 2.35. The van der Waals surface area contributed by atoms with Gasteiger partial charge in [0.2, 0.25) is 0 Å². The number of H-pyrrole nitrogens is 1. The summed E-state index contributed by atoms with van der Waals surface area (Å²) in [6.45, 7) is 6.16. The maximum Gasteiger partial charge on any atom is 0.340 e. The topological polar surface area (TPSA) is 107 Å². The van der Waals surface area contributed by atoms with Crippen LogP contribution in [0.3, 0.4) is 0 Å². The standard InChI is InChI=1S/C11H18N4O4S/c1-3-14-4-5-15(7-8(14)2)20(18,19)10-9(11(16)17)6-12-13-10/h6,8H,3-5,7H2,1-2H3,(H,12,13)(H,16,17). The maximum absolute atomic E-state index is 12.5. The van der Waals surface area contributed by atoms with Crippen LogP contribution in [-0.2, 0) is 10.0 Å². The number of aromatic amines is 1. The number of sulfonamides is 1. The molecule has 1 fully saturated rings. The Morgan fingerprint density at radius 3 is 2.80 bits per heavy atom. The van der Waals surface area contributed by atoms with E-state index in [2.05, 4.69) is 15.1 Å². The number of carboxylic acid groups (broad SMARTS) is 1. The van der Waals surface area contributed by atoms with Crippen molar-refractivity contribution in [3.8, 4) is 0 Å². The van der Waals surface area contributed by atoms with Crippen molar-refractivity contribution in [3.63, 3.8) is 0 Å². The second-order valence-corrected chi connectivity index (χ2v) is 6.63. The van der Waals surface area contributed by atoms with Crippen molar-refractivity contribution in [1.82, 2.24) is 19.4 Å². The van der Waals surface area contributed by atoms with Gasteiger partial charge in [-0.3, -0.25) is 10.00 Å². The van der Waals surface area contributed by atoms with Crippen LogP contribution >= 0.6 is 0 Å². The predicted molar refractivity (Wildman–Crippen MR) is 71.0 cm³/mol. The van der Waals surface area contributed by atoms with Gasteiger partial charge in [0.05, 0.1) is 6.20 Å². The molecule has 1 unspecified atom stereocenters. The first-order valence-electron chi connectivity index (χ1n) is 6.38. The molecule has 0 spiro atoms. The van der Waals surface area contributed by atoms with Crippen molar-refractivity contribution in [2.45, 2.75) is 24.9 Å². The van der Waals surface area contributed by atoms with Crippen molar-refractivity contribution in [1.29, 1.82) is 0 Å². The number of aromatic nitrogens is 2. The Labute approximate surface area is 117 Å². The molecule has 1 atom stereocenters. The van der Waals surface area contributed by atoms with Gasteiger partial charge in [0.25, 0.3) is 10.0 Å². The third-order valence-corrected chi connectivity index (χ3v) is 5.41. The van der Waals surface area contributed by atoms with Gasteiger partial charge in [-0.25, -0.2) is 13.2 Å². The fraction of sp³-hybridized carbons (Fsp3) is 0.636. The van der Waals surface area contributed by atoms with Gasteiger partial charge < -0.3 is 5.11 Å². The summed E-state index contributed by atoms with van der Waals surface area (Å²) >= 11 is 0. The second kappa shape index (κ2) is 5.51. The molecular weight excluding hydrogens is 284 g/mol. The lowest BCUT2D eigenvalue weighted by atomic mass is 10.2. The molecule has 1 aliphatic rings. The van der Waals surface area contributed by atoms with Crippen molar-refractivity contribution in [2.75, 3.05) is 26.2 Å². The molecule has 0 amide bonds. The summed E-state index contributed by atoms with van der Waals surface area (Å²) in [5.41, 5.74) is -0.324. The van der Waals surface area contributed by atoms with E-state index in [-0.39, 0.29) is 16.6 Å². The quantitative estimate of drug-likeness (QED) is 0.799. The lowest BCUT2D eigenvalue weighted by Gasteiger charge is -2.38. The summed E-state index contributed by atoms with van der Waals surface area (Å²) < 4.78 is 26.3. The van der Waals surface area contributed by atoms with Crippen LogP contribution in [0.4, 0.5) is 0 Å². The number of nitrogens with zero attached hydrogens (tertiary/aromatic N) is 3. The molecule has 0 aromatic carbocycles. The zero-order valence-electron chi connectivity index (χ0n) is 11.4. The molecule has 9 heteroatoms. The molecular formula is C11H18N4O4S. The molecule has 8 nitrogen and oxygen atoms in total. The molecule has 2 rings (SSSR count). The largest absolute Gasteiger partial charge is 0.478 e. The summed E-state index contributed by atoms with van der Waals surface area (Å²) in [6, 6.07) is 0.0970. The SMILES string of the molecule is CCN1CCN(S(=O)(=O)c2[nH]ncc2C(=O)O)CC1C. The molecule has 0 radical (unpaired) electrons. The number of hydrogen-bond acceptors (Lipinski definition) is 5. The average molecular weight is 302 g/mol. The van der Waals surface area contributed by atoms with Gasteiger partial charge in [0.15, 0.2) is 5.03 Å². The minimum Gasteiger partial charge on any atom is -0.478 e. The Hall–Kier alpha value is -1.45. The molecule has 112 valence electrons. The van der Waals surface area contributed by atoms with E-state index in [0.29, 0.717) is 19.6 Å². The number of carbonyl (C=O) groups is 1. The molecule has 0 aliphatic carbocycles. The summed E-state index contributed by atoms with van der Waals surface area (Å²) in [7, 11) is -3.85. The van der Waals surface area contributed by atoms with E-state index in [4.69, 9.17) is 5.11 Å². The minimum atomic E-state index is -3.85. The van der Waals surface area contributed by atoms with Crippen LogP contribution in [0.2, 0.25) is 0 Å². The zero-order valence-corrected chi connectivity index (χ0v) is 12.2. The first kappa shape index (κ1) is 14.9. The second-order valence-electron chi connectivity index (χ2n) is 4.76. The number of likely N-dealkylation sites (N-methyl/N-ethyl adjacent to an activating group) is 1. The molecule has 0 bridgehead atoms. The van der Waals surface area contributed by atoms with E-state index in [1.165, 1.54) is 4.31 Å². The third-order valence-electron chi connectivity index (χ3n) is 3.57. The van der Waals surface area contributed by atoms with E-state index >= 15 is 0 Å². The lowest BCUT2D eigenvalue weighted by Crippen LogP contribution is -2.53. The smallest absolute Gasteiger partial charge is 0.340 e. The molecule has 1 aliphatic heterocycles. The van der Waals surface area contributed by atoms with E-state index in [0.717, 1.165) is 12.7 Å². The van der Waals surface area contributed by atoms with Gasteiger partial charge in [0.1, 0.15) is 5.56 Å². The molecule has 1 aromatic heterocycles. The van der Waals surface area contributed by atoms with Gasteiger partial charge in [0, 0.05) is 25.7 Å². The number of rotatable bonds is 4. The van der Waals surface area contributed by atoms with Crippen molar-refractivity contribution < 1.29 is 18.3 Å². The van der Waals surface area contributed by atoms with Gasteiger partial charge in [-0.15, -0.1) is 0 Å². The molecule has 2 N–H and O–H groups in total. The van der Waals surface area contributed by atoms with Gasteiger partial charge in [-0.05, 0) is 13.5 Å². The average Bonchev–Trinajstić information content (AvgIpc) is 2.88. The van der Waals surface area contributed by atoms with Gasteiger partial charge in [-0.2, -0.15) is 9.40 Å². The summed E-state index contributed by atoms with van der Waals surface area (Å²) in [6.07, 6.45) is 1.01. The number of nitrogens with one attached hydrogen (secondary N) is 1. The van der Waals surface area contributed by atoms with E-state index < -0.39 is 16.0 Å². The van der Waals surface area contributed by atoms with Crippen LogP contribution in [0.1, 0.15) is 24.2 Å². The van der Waals surface area contributed by atoms with Crippen molar-refractivity contribution in [2.24, 2.45) is 0 Å². The number of piperazine rings is 1. The highest BCUT2D eigenvalue weighted by Crippen LogP contribution is 2.21. The molecule has 0 saturated carbocycles. The fourth-order valence-corrected chi connectivity index (χ4v) is 3.98. The number of carboxylic acids is 1. The summed E-state index contributed by atoms with van der Waals surface area (Å²) in [4.78, 5) is 13.2. The fourth-order valence-electron chi connectivity index (χ4n) is 2.40. The lowest BCUT2D eigenvalue weighted by molar-refractivity contribution is 0.0692. The van der Waals surface area contributed by atoms with Crippen LogP contribution < -0.4 is 0 Å². The van der Waals surface area contributed by atoms with Crippen LogP contribution in [0.5, 0.6) is 0 Å². The molecule has 1 saturated heterocycles. The zero-order chi connectivity index (χ0) is 14.9. The van der Waals surface area contributed by atoms with Gasteiger partial charge >= 0.3 is 5.97 Å². The van der Waals surface area contributed by atoms with Crippen LogP contribution in [0.25, 0.3) is 0 Å². The van der Waals surface area contributed by atoms with Gasteiger partial charge in [-0.1, -0.05) is 6.92 Å². The monoisotopic (exact) mass is 302 g/mol. The first-order valence-corrected chi connectivity index (χ1v) is 7.82. The Bertz CT molecular complexity index is 597. The highest BCUT2D eigenvalue weighted by atomic mass is 32.2. The molecule has 2 heterocycles. The van der Waals surface area contributed by atoms with E-state index in [1.54, 1.807) is 0 Å². The normalized spacial score (nSPS) is 22.0.